The normalized spacial score (nSPS) is 11.5. The Morgan fingerprint density at radius 3 is 1.62 bits per heavy atom. The molecule has 0 saturated heterocycles. The molecule has 0 bridgehead atoms. The number of unbranched alkanes of at least 4 members (excludes halogenated alkanes) is 13. The van der Waals surface area contributed by atoms with Crippen LogP contribution in [0.5, 0.6) is 0 Å². The zero-order valence-electron chi connectivity index (χ0n) is 14.0. The van der Waals surface area contributed by atoms with Gasteiger partial charge in [0.25, 0.3) is 0 Å². The van der Waals surface area contributed by atoms with Crippen molar-refractivity contribution in [3.8, 4) is 24.2 Å². The lowest BCUT2D eigenvalue weighted by molar-refractivity contribution is 0.289. The van der Waals surface area contributed by atoms with Crippen molar-refractivity contribution in [2.45, 2.75) is 103 Å². The van der Waals surface area contributed by atoms with Crippen molar-refractivity contribution < 1.29 is 5.11 Å². The molecule has 21 heavy (non-hydrogen) atoms. The summed E-state index contributed by atoms with van der Waals surface area (Å²) in [5.74, 6) is 7.77. The summed E-state index contributed by atoms with van der Waals surface area (Å²) in [6, 6.07) is 0. The predicted octanol–water partition coefficient (Wildman–Crippen LogP) is 5.47. The van der Waals surface area contributed by atoms with Crippen LogP contribution >= 0.6 is 0 Å². The van der Waals surface area contributed by atoms with Gasteiger partial charge in [0.15, 0.2) is 6.10 Å². The Labute approximate surface area is 132 Å². The van der Waals surface area contributed by atoms with E-state index in [-0.39, 0.29) is 0 Å². The van der Waals surface area contributed by atoms with Gasteiger partial charge in [-0.1, -0.05) is 102 Å². The van der Waals surface area contributed by atoms with Crippen LogP contribution in [0.25, 0.3) is 0 Å². The standard InChI is InChI=1S/C20H34O/c1-3-5-6-7-8-9-10-11-12-13-14-15-16-17-18-19-20(21)4-2/h2,20-21H,3,5-17H2,1H3. The highest BCUT2D eigenvalue weighted by Crippen LogP contribution is 2.12. The lowest BCUT2D eigenvalue weighted by atomic mass is 10.0. The molecule has 0 radical (unpaired) electrons. The van der Waals surface area contributed by atoms with Crippen LogP contribution in [0.4, 0.5) is 0 Å². The van der Waals surface area contributed by atoms with Gasteiger partial charge < -0.3 is 5.11 Å². The van der Waals surface area contributed by atoms with Crippen LogP contribution in [-0.4, -0.2) is 11.2 Å². The summed E-state index contributed by atoms with van der Waals surface area (Å²) in [6.07, 6.45) is 22.7. The summed E-state index contributed by atoms with van der Waals surface area (Å²) >= 11 is 0. The molecule has 0 fully saturated rings. The fraction of sp³-hybridized carbons (Fsp3) is 0.800. The van der Waals surface area contributed by atoms with Crippen LogP contribution in [0, 0.1) is 24.2 Å². The van der Waals surface area contributed by atoms with Crippen molar-refractivity contribution in [3.63, 3.8) is 0 Å². The molecule has 0 spiro atoms. The molecular weight excluding hydrogens is 256 g/mol. The smallest absolute Gasteiger partial charge is 0.176 e. The van der Waals surface area contributed by atoms with Crippen molar-refractivity contribution in [3.05, 3.63) is 0 Å². The van der Waals surface area contributed by atoms with Gasteiger partial charge in [-0.15, -0.1) is 6.42 Å². The first-order valence-corrected chi connectivity index (χ1v) is 8.93. The molecule has 0 aliphatic heterocycles. The predicted molar refractivity (Wildman–Crippen MR) is 92.9 cm³/mol. The quantitative estimate of drug-likeness (QED) is 0.352. The summed E-state index contributed by atoms with van der Waals surface area (Å²) in [5, 5.41) is 9.05. The molecular formula is C20H34O. The van der Waals surface area contributed by atoms with Crippen LogP contribution in [0.2, 0.25) is 0 Å². The van der Waals surface area contributed by atoms with Crippen LogP contribution in [-0.2, 0) is 0 Å². The van der Waals surface area contributed by atoms with Crippen molar-refractivity contribution in [1.29, 1.82) is 0 Å². The first-order valence-electron chi connectivity index (χ1n) is 8.93. The first-order chi connectivity index (χ1) is 10.3. The summed E-state index contributed by atoms with van der Waals surface area (Å²) < 4.78 is 0. The Morgan fingerprint density at radius 2 is 1.19 bits per heavy atom. The van der Waals surface area contributed by atoms with E-state index in [0.29, 0.717) is 0 Å². The van der Waals surface area contributed by atoms with E-state index >= 15 is 0 Å². The number of aliphatic hydroxyl groups is 1. The lowest BCUT2D eigenvalue weighted by Crippen LogP contribution is -1.96. The third-order valence-corrected chi connectivity index (χ3v) is 3.80. The summed E-state index contributed by atoms with van der Waals surface area (Å²) in [7, 11) is 0. The number of hydrogen-bond donors (Lipinski definition) is 1. The number of hydrogen-bond acceptors (Lipinski definition) is 1. The average Bonchev–Trinajstić information content (AvgIpc) is 2.50. The Hall–Kier alpha value is -0.920. The molecule has 0 amide bonds. The number of rotatable bonds is 13. The maximum Gasteiger partial charge on any atom is 0.176 e. The Kier molecular flexibility index (Phi) is 16.4. The van der Waals surface area contributed by atoms with Gasteiger partial charge in [-0.2, -0.15) is 0 Å². The Bertz CT molecular complexity index is 302. The van der Waals surface area contributed by atoms with Crippen LogP contribution < -0.4 is 0 Å². The first kappa shape index (κ1) is 20.1. The van der Waals surface area contributed by atoms with Crippen LogP contribution in [0.15, 0.2) is 0 Å². The largest absolute Gasteiger partial charge is 0.369 e. The fourth-order valence-electron chi connectivity index (χ4n) is 2.44. The molecule has 0 aromatic carbocycles. The Morgan fingerprint density at radius 1 is 0.762 bits per heavy atom. The van der Waals surface area contributed by atoms with Crippen molar-refractivity contribution in [1.82, 2.24) is 0 Å². The third-order valence-electron chi connectivity index (χ3n) is 3.80. The summed E-state index contributed by atoms with van der Waals surface area (Å²) in [6.45, 7) is 2.27. The van der Waals surface area contributed by atoms with Gasteiger partial charge in [0.1, 0.15) is 0 Å². The van der Waals surface area contributed by atoms with E-state index in [2.05, 4.69) is 24.7 Å². The van der Waals surface area contributed by atoms with Crippen molar-refractivity contribution in [2.24, 2.45) is 0 Å². The monoisotopic (exact) mass is 290 g/mol. The molecule has 1 nitrogen and oxygen atoms in total. The molecule has 0 rings (SSSR count). The highest BCUT2D eigenvalue weighted by molar-refractivity contribution is 5.15. The molecule has 0 aliphatic carbocycles. The summed E-state index contributed by atoms with van der Waals surface area (Å²) in [5.41, 5.74) is 0. The van der Waals surface area contributed by atoms with E-state index in [0.717, 1.165) is 12.8 Å². The van der Waals surface area contributed by atoms with E-state index in [4.69, 9.17) is 11.5 Å². The molecule has 0 aromatic heterocycles. The lowest BCUT2D eigenvalue weighted by Gasteiger charge is -2.02. The van der Waals surface area contributed by atoms with E-state index in [1.165, 1.54) is 77.0 Å². The molecule has 0 heterocycles. The second-order valence-corrected chi connectivity index (χ2v) is 5.88. The molecule has 120 valence electrons. The van der Waals surface area contributed by atoms with Gasteiger partial charge in [-0.05, 0) is 6.42 Å². The minimum absolute atomic E-state index is 0.858. The summed E-state index contributed by atoms with van der Waals surface area (Å²) in [4.78, 5) is 0. The van der Waals surface area contributed by atoms with Gasteiger partial charge in [-0.25, -0.2) is 0 Å². The zero-order valence-corrected chi connectivity index (χ0v) is 14.0. The minimum Gasteiger partial charge on any atom is -0.369 e. The van der Waals surface area contributed by atoms with E-state index in [1.807, 2.05) is 0 Å². The van der Waals surface area contributed by atoms with E-state index in [1.54, 1.807) is 0 Å². The van der Waals surface area contributed by atoms with Crippen LogP contribution in [0.3, 0.4) is 0 Å². The SMILES string of the molecule is C#CC(O)C#CCCCCCCCCCCCCCCC. The van der Waals surface area contributed by atoms with Crippen molar-refractivity contribution in [2.75, 3.05) is 0 Å². The fourth-order valence-corrected chi connectivity index (χ4v) is 2.44. The maximum atomic E-state index is 9.05. The Balaban J connectivity index is 3.09. The van der Waals surface area contributed by atoms with Gasteiger partial charge in [0, 0.05) is 6.42 Å². The van der Waals surface area contributed by atoms with E-state index in [9.17, 15) is 0 Å². The molecule has 1 atom stereocenters. The van der Waals surface area contributed by atoms with Gasteiger partial charge in [0.05, 0.1) is 0 Å². The maximum absolute atomic E-state index is 9.05. The third kappa shape index (κ3) is 17.0. The molecule has 0 aliphatic rings. The second kappa shape index (κ2) is 17.1. The highest BCUT2D eigenvalue weighted by Gasteiger charge is 1.93. The van der Waals surface area contributed by atoms with Gasteiger partial charge in [0.2, 0.25) is 0 Å². The van der Waals surface area contributed by atoms with Crippen molar-refractivity contribution >= 4 is 0 Å². The number of aliphatic hydroxyl groups excluding tert-OH is 1. The van der Waals surface area contributed by atoms with E-state index < -0.39 is 6.10 Å². The van der Waals surface area contributed by atoms with Crippen LogP contribution in [0.1, 0.15) is 96.8 Å². The highest BCUT2D eigenvalue weighted by atomic mass is 16.3. The molecule has 1 N–H and O–H groups in total. The molecule has 0 saturated carbocycles. The zero-order chi connectivity index (χ0) is 15.6. The minimum atomic E-state index is -0.882. The molecule has 1 unspecified atom stereocenters. The van der Waals surface area contributed by atoms with Gasteiger partial charge >= 0.3 is 0 Å². The second-order valence-electron chi connectivity index (χ2n) is 5.88. The topological polar surface area (TPSA) is 20.2 Å². The molecule has 1 heteroatoms. The average molecular weight is 290 g/mol. The molecule has 0 aromatic rings. The number of terminal acetylenes is 1. The van der Waals surface area contributed by atoms with Gasteiger partial charge in [-0.3, -0.25) is 0 Å².